The highest BCUT2D eigenvalue weighted by atomic mass is 35.5. The Morgan fingerprint density at radius 3 is 2.22 bits per heavy atom. The van der Waals surface area contributed by atoms with Gasteiger partial charge in [0.05, 0.1) is 0 Å². The first kappa shape index (κ1) is 13.9. The molecule has 1 aromatic carbocycles. The number of benzene rings is 1. The fourth-order valence-electron chi connectivity index (χ4n) is 3.95. The van der Waals surface area contributed by atoms with Crippen molar-refractivity contribution in [1.29, 1.82) is 0 Å². The Bertz CT molecular complexity index is 373. The molecule has 3 rings (SSSR count). The highest BCUT2D eigenvalue weighted by Crippen LogP contribution is 2.51. The van der Waals surface area contributed by atoms with Crippen LogP contribution in [0.3, 0.4) is 0 Å². The second-order valence-corrected chi connectivity index (χ2v) is 5.68. The molecule has 1 fully saturated rings. The van der Waals surface area contributed by atoms with Crippen molar-refractivity contribution in [1.82, 2.24) is 4.90 Å². The highest BCUT2D eigenvalue weighted by Gasteiger charge is 2.42. The Kier molecular flexibility index (Phi) is 4.34. The van der Waals surface area contributed by atoms with Crippen molar-refractivity contribution < 1.29 is 0 Å². The summed E-state index contributed by atoms with van der Waals surface area (Å²) in [5, 5.41) is 0. The molecule has 18 heavy (non-hydrogen) atoms. The summed E-state index contributed by atoms with van der Waals surface area (Å²) in [4.78, 5) is 2.80. The van der Waals surface area contributed by atoms with Gasteiger partial charge < -0.3 is 0 Å². The average molecular weight is 266 g/mol. The number of hydrogen-bond donors (Lipinski definition) is 0. The van der Waals surface area contributed by atoms with E-state index in [9.17, 15) is 0 Å². The third-order valence-electron chi connectivity index (χ3n) is 4.60. The lowest BCUT2D eigenvalue weighted by Gasteiger charge is -2.39. The predicted octanol–water partition coefficient (Wildman–Crippen LogP) is 4.88. The van der Waals surface area contributed by atoms with Gasteiger partial charge in [-0.25, -0.2) is 0 Å². The molecule has 1 aromatic rings. The van der Waals surface area contributed by atoms with Gasteiger partial charge in [0.25, 0.3) is 0 Å². The van der Waals surface area contributed by atoms with Gasteiger partial charge in [0.1, 0.15) is 0 Å². The van der Waals surface area contributed by atoms with Crippen LogP contribution in [0.15, 0.2) is 24.3 Å². The molecule has 1 nitrogen and oxygen atoms in total. The highest BCUT2D eigenvalue weighted by molar-refractivity contribution is 5.85. The van der Waals surface area contributed by atoms with E-state index in [4.69, 9.17) is 0 Å². The van der Waals surface area contributed by atoms with Gasteiger partial charge in [0.15, 0.2) is 0 Å². The summed E-state index contributed by atoms with van der Waals surface area (Å²) in [6.07, 6.45) is 6.76. The van der Waals surface area contributed by atoms with Crippen LogP contribution in [0.25, 0.3) is 0 Å². The number of halogens is 1. The number of nitrogens with zero attached hydrogens (tertiary/aromatic N) is 1. The van der Waals surface area contributed by atoms with Gasteiger partial charge in [-0.2, -0.15) is 0 Å². The van der Waals surface area contributed by atoms with Crippen LogP contribution in [0.2, 0.25) is 0 Å². The first-order valence-corrected chi connectivity index (χ1v) is 7.19. The van der Waals surface area contributed by atoms with Crippen molar-refractivity contribution >= 4 is 12.4 Å². The lowest BCUT2D eigenvalue weighted by atomic mass is 9.97. The van der Waals surface area contributed by atoms with Crippen LogP contribution < -0.4 is 0 Å². The molecule has 2 heterocycles. The van der Waals surface area contributed by atoms with Gasteiger partial charge in [-0.3, -0.25) is 4.90 Å². The Labute approximate surface area is 117 Å². The molecule has 2 aliphatic heterocycles. The maximum Gasteiger partial charge on any atom is 0.0360 e. The van der Waals surface area contributed by atoms with Gasteiger partial charge in [0, 0.05) is 18.1 Å². The lowest BCUT2D eigenvalue weighted by Crippen LogP contribution is -2.37. The standard InChI is InChI=1S/C16H23N.ClH/c1-3-7-12(2)17-15-10-6-11-16(17)14-9-5-4-8-13(14)15;/h4-5,8-9,12,15-16H,3,6-7,10-11H2,1-2H3;1H. The average Bonchev–Trinajstić information content (AvgIpc) is 2.55. The van der Waals surface area contributed by atoms with E-state index in [1.165, 1.54) is 32.1 Å². The van der Waals surface area contributed by atoms with Crippen molar-refractivity contribution in [3.63, 3.8) is 0 Å². The largest absolute Gasteiger partial charge is 0.287 e. The molecule has 100 valence electrons. The zero-order chi connectivity index (χ0) is 11.8. The van der Waals surface area contributed by atoms with E-state index in [0.29, 0.717) is 12.1 Å². The second-order valence-electron chi connectivity index (χ2n) is 5.68. The summed E-state index contributed by atoms with van der Waals surface area (Å²) >= 11 is 0. The number of rotatable bonds is 3. The predicted molar refractivity (Wildman–Crippen MR) is 79.2 cm³/mol. The van der Waals surface area contributed by atoms with Crippen LogP contribution in [0, 0.1) is 0 Å². The molecular weight excluding hydrogens is 242 g/mol. The van der Waals surface area contributed by atoms with Crippen LogP contribution >= 0.6 is 12.4 Å². The molecule has 3 atom stereocenters. The molecule has 0 spiro atoms. The van der Waals surface area contributed by atoms with E-state index in [0.717, 1.165) is 6.04 Å². The van der Waals surface area contributed by atoms with E-state index < -0.39 is 0 Å². The third-order valence-corrected chi connectivity index (χ3v) is 4.60. The summed E-state index contributed by atoms with van der Waals surface area (Å²) in [6, 6.07) is 11.3. The summed E-state index contributed by atoms with van der Waals surface area (Å²) in [6.45, 7) is 4.72. The van der Waals surface area contributed by atoms with Crippen LogP contribution in [0.4, 0.5) is 0 Å². The molecule has 0 aromatic heterocycles. The molecular formula is C16H24ClN. The molecule has 0 radical (unpaired) electrons. The molecule has 2 heteroatoms. The van der Waals surface area contributed by atoms with E-state index in [-0.39, 0.29) is 12.4 Å². The molecule has 0 N–H and O–H groups in total. The Hall–Kier alpha value is -0.530. The summed E-state index contributed by atoms with van der Waals surface area (Å²) < 4.78 is 0. The lowest BCUT2D eigenvalue weighted by molar-refractivity contribution is 0.0621. The van der Waals surface area contributed by atoms with Crippen molar-refractivity contribution in [3.05, 3.63) is 35.4 Å². The van der Waals surface area contributed by atoms with Gasteiger partial charge in [-0.05, 0) is 43.7 Å². The molecule has 0 saturated carbocycles. The Morgan fingerprint density at radius 2 is 1.72 bits per heavy atom. The Balaban J connectivity index is 0.00000120. The quantitative estimate of drug-likeness (QED) is 0.753. The fraction of sp³-hybridized carbons (Fsp3) is 0.625. The topological polar surface area (TPSA) is 3.24 Å². The maximum atomic E-state index is 2.80. The van der Waals surface area contributed by atoms with Gasteiger partial charge >= 0.3 is 0 Å². The third kappa shape index (κ3) is 2.08. The number of piperidine rings is 1. The first-order chi connectivity index (χ1) is 8.33. The zero-order valence-corrected chi connectivity index (χ0v) is 12.2. The van der Waals surface area contributed by atoms with Gasteiger partial charge in [0.2, 0.25) is 0 Å². The molecule has 0 amide bonds. The first-order valence-electron chi connectivity index (χ1n) is 7.19. The fourth-order valence-corrected chi connectivity index (χ4v) is 3.95. The van der Waals surface area contributed by atoms with Crippen molar-refractivity contribution in [3.8, 4) is 0 Å². The van der Waals surface area contributed by atoms with Crippen molar-refractivity contribution in [2.45, 2.75) is 64.1 Å². The molecule has 0 aliphatic carbocycles. The normalized spacial score (nSPS) is 27.4. The number of hydrogen-bond acceptors (Lipinski definition) is 1. The molecule has 1 saturated heterocycles. The van der Waals surface area contributed by atoms with E-state index in [2.05, 4.69) is 43.0 Å². The summed E-state index contributed by atoms with van der Waals surface area (Å²) in [5.74, 6) is 0. The van der Waals surface area contributed by atoms with Crippen LogP contribution in [0.5, 0.6) is 0 Å². The zero-order valence-electron chi connectivity index (χ0n) is 11.4. The van der Waals surface area contributed by atoms with Gasteiger partial charge in [-0.1, -0.05) is 37.6 Å². The minimum absolute atomic E-state index is 0. The summed E-state index contributed by atoms with van der Waals surface area (Å²) in [7, 11) is 0. The molecule has 2 bridgehead atoms. The van der Waals surface area contributed by atoms with E-state index in [1.807, 2.05) is 0 Å². The molecule has 2 aliphatic rings. The van der Waals surface area contributed by atoms with Crippen LogP contribution in [-0.2, 0) is 0 Å². The maximum absolute atomic E-state index is 2.80. The Morgan fingerprint density at radius 1 is 1.17 bits per heavy atom. The van der Waals surface area contributed by atoms with Crippen molar-refractivity contribution in [2.24, 2.45) is 0 Å². The minimum atomic E-state index is 0. The summed E-state index contributed by atoms with van der Waals surface area (Å²) in [5.41, 5.74) is 3.25. The number of fused-ring (bicyclic) bond motifs is 5. The van der Waals surface area contributed by atoms with Gasteiger partial charge in [-0.15, -0.1) is 12.4 Å². The van der Waals surface area contributed by atoms with Crippen molar-refractivity contribution in [2.75, 3.05) is 0 Å². The monoisotopic (exact) mass is 265 g/mol. The van der Waals surface area contributed by atoms with E-state index >= 15 is 0 Å². The minimum Gasteiger partial charge on any atom is -0.287 e. The smallest absolute Gasteiger partial charge is 0.0360 e. The second kappa shape index (κ2) is 5.63. The van der Waals surface area contributed by atoms with E-state index in [1.54, 1.807) is 11.1 Å². The molecule has 3 unspecified atom stereocenters. The van der Waals surface area contributed by atoms with Crippen LogP contribution in [0.1, 0.15) is 69.2 Å². The van der Waals surface area contributed by atoms with Crippen LogP contribution in [-0.4, -0.2) is 10.9 Å². The SMILES string of the molecule is CCCC(C)N1C2CCCC1c1ccccc12.Cl.